The van der Waals surface area contributed by atoms with Gasteiger partial charge < -0.3 is 14.7 Å². The first-order valence-electron chi connectivity index (χ1n) is 4.70. The van der Waals surface area contributed by atoms with Crippen LogP contribution in [0, 0.1) is 0 Å². The van der Waals surface area contributed by atoms with E-state index in [1.54, 1.807) is 0 Å². The smallest absolute Gasteiger partial charge is 0.406 e. The number of alkyl halides is 3. The van der Waals surface area contributed by atoms with Crippen molar-refractivity contribution in [3.8, 4) is 5.75 Å². The summed E-state index contributed by atoms with van der Waals surface area (Å²) in [5.41, 5.74) is 2.59. The van der Waals surface area contributed by atoms with Crippen LogP contribution in [0.1, 0.15) is 11.6 Å². The molecule has 0 aromatic heterocycles. The van der Waals surface area contributed by atoms with Crippen LogP contribution in [0.4, 0.5) is 13.2 Å². The van der Waals surface area contributed by atoms with Crippen molar-refractivity contribution in [2.75, 3.05) is 13.7 Å². The number of hydrogen-bond donors (Lipinski definition) is 2. The Labute approximate surface area is 95.9 Å². The van der Waals surface area contributed by atoms with Gasteiger partial charge in [0.1, 0.15) is 5.75 Å². The zero-order valence-corrected chi connectivity index (χ0v) is 8.99. The maximum absolute atomic E-state index is 11.9. The summed E-state index contributed by atoms with van der Waals surface area (Å²) in [5, 5.41) is 8.83. The number of benzene rings is 1. The molecular formula is C10H12F3NO3. The summed E-state index contributed by atoms with van der Waals surface area (Å²) in [6, 6.07) is 4.66. The van der Waals surface area contributed by atoms with Crippen LogP contribution < -0.4 is 10.2 Å². The molecule has 1 unspecified atom stereocenters. The molecule has 0 aliphatic heterocycles. The van der Waals surface area contributed by atoms with Crippen LogP contribution in [0.3, 0.4) is 0 Å². The van der Waals surface area contributed by atoms with Gasteiger partial charge in [0.15, 0.2) is 0 Å². The van der Waals surface area contributed by atoms with E-state index in [-0.39, 0.29) is 12.4 Å². The van der Waals surface area contributed by atoms with Crippen LogP contribution in [-0.2, 0) is 4.74 Å². The van der Waals surface area contributed by atoms with Gasteiger partial charge in [0, 0.05) is 7.11 Å². The Balaban J connectivity index is 2.73. The molecule has 1 rings (SSSR count). The highest BCUT2D eigenvalue weighted by Gasteiger charge is 2.31. The van der Waals surface area contributed by atoms with E-state index in [1.165, 1.54) is 31.4 Å². The van der Waals surface area contributed by atoms with Crippen molar-refractivity contribution in [3.05, 3.63) is 29.8 Å². The second kappa shape index (κ2) is 5.85. The Bertz CT molecular complexity index is 340. The number of ether oxygens (including phenoxy) is 2. The summed E-state index contributed by atoms with van der Waals surface area (Å²) < 4.78 is 44.2. The number of halogens is 3. The highest BCUT2D eigenvalue weighted by atomic mass is 19.4. The summed E-state index contributed by atoms with van der Waals surface area (Å²) in [6.45, 7) is 0.190. The second-order valence-electron chi connectivity index (χ2n) is 3.25. The van der Waals surface area contributed by atoms with Crippen molar-refractivity contribution >= 4 is 0 Å². The lowest BCUT2D eigenvalue weighted by atomic mass is 10.1. The largest absolute Gasteiger partial charge is 0.573 e. The maximum atomic E-state index is 11.9. The summed E-state index contributed by atoms with van der Waals surface area (Å²) in [7, 11) is 1.45. The van der Waals surface area contributed by atoms with E-state index in [0.29, 0.717) is 5.56 Å². The van der Waals surface area contributed by atoms with Crippen molar-refractivity contribution in [1.29, 1.82) is 0 Å². The minimum Gasteiger partial charge on any atom is -0.406 e. The molecule has 2 N–H and O–H groups in total. The number of methoxy groups -OCH3 is 1. The third-order valence-corrected chi connectivity index (χ3v) is 2.01. The molecule has 96 valence electrons. The molecule has 0 bridgehead atoms. The fourth-order valence-electron chi connectivity index (χ4n) is 1.28. The number of rotatable bonds is 5. The minimum atomic E-state index is -4.71. The molecule has 0 heterocycles. The van der Waals surface area contributed by atoms with Gasteiger partial charge in [0.05, 0.1) is 12.6 Å². The molecule has 17 heavy (non-hydrogen) atoms. The summed E-state index contributed by atoms with van der Waals surface area (Å²) >= 11 is 0. The van der Waals surface area contributed by atoms with Gasteiger partial charge in [-0.15, -0.1) is 13.2 Å². The SMILES string of the molecule is COCC(NO)c1ccc(OC(F)(F)F)cc1. The zero-order valence-electron chi connectivity index (χ0n) is 8.99. The third kappa shape index (κ3) is 4.59. The summed E-state index contributed by atoms with van der Waals surface area (Å²) in [5.74, 6) is -0.310. The third-order valence-electron chi connectivity index (χ3n) is 2.01. The van der Waals surface area contributed by atoms with Crippen molar-refractivity contribution in [2.45, 2.75) is 12.4 Å². The molecule has 7 heteroatoms. The molecular weight excluding hydrogens is 239 g/mol. The van der Waals surface area contributed by atoms with E-state index in [1.807, 2.05) is 5.48 Å². The van der Waals surface area contributed by atoms with Gasteiger partial charge in [-0.25, -0.2) is 0 Å². The summed E-state index contributed by atoms with van der Waals surface area (Å²) in [4.78, 5) is 0. The molecule has 0 radical (unpaired) electrons. The topological polar surface area (TPSA) is 50.7 Å². The first kappa shape index (κ1) is 13.8. The first-order valence-corrected chi connectivity index (χ1v) is 4.70. The van der Waals surface area contributed by atoms with E-state index in [9.17, 15) is 13.2 Å². The lowest BCUT2D eigenvalue weighted by Gasteiger charge is -2.15. The average molecular weight is 251 g/mol. The fraction of sp³-hybridized carbons (Fsp3) is 0.400. The van der Waals surface area contributed by atoms with E-state index in [4.69, 9.17) is 9.94 Å². The molecule has 1 aromatic rings. The van der Waals surface area contributed by atoms with Crippen molar-refractivity contribution in [1.82, 2.24) is 5.48 Å². The van der Waals surface area contributed by atoms with Gasteiger partial charge in [0.25, 0.3) is 0 Å². The Morgan fingerprint density at radius 1 is 1.29 bits per heavy atom. The highest BCUT2D eigenvalue weighted by molar-refractivity contribution is 5.29. The molecule has 1 aromatic carbocycles. The van der Waals surface area contributed by atoms with Crippen molar-refractivity contribution < 1.29 is 27.9 Å². The Morgan fingerprint density at radius 2 is 1.88 bits per heavy atom. The van der Waals surface area contributed by atoms with Gasteiger partial charge in [-0.05, 0) is 17.7 Å². The van der Waals surface area contributed by atoms with Gasteiger partial charge >= 0.3 is 6.36 Å². The van der Waals surface area contributed by atoms with E-state index >= 15 is 0 Å². The Morgan fingerprint density at radius 3 is 2.29 bits per heavy atom. The van der Waals surface area contributed by atoms with Gasteiger partial charge in [-0.2, -0.15) is 5.48 Å². The monoisotopic (exact) mass is 251 g/mol. The quantitative estimate of drug-likeness (QED) is 0.788. The molecule has 0 fully saturated rings. The first-order chi connectivity index (χ1) is 7.96. The lowest BCUT2D eigenvalue weighted by molar-refractivity contribution is -0.274. The van der Waals surface area contributed by atoms with Crippen LogP contribution in [0.25, 0.3) is 0 Å². The molecule has 4 nitrogen and oxygen atoms in total. The van der Waals surface area contributed by atoms with Crippen molar-refractivity contribution in [2.24, 2.45) is 0 Å². The number of nitrogens with one attached hydrogen (secondary N) is 1. The van der Waals surface area contributed by atoms with Gasteiger partial charge in [-0.3, -0.25) is 0 Å². The Kier molecular flexibility index (Phi) is 4.73. The molecule has 0 aliphatic rings. The predicted octanol–water partition coefficient (Wildman–Crippen LogP) is 2.25. The second-order valence-corrected chi connectivity index (χ2v) is 3.25. The van der Waals surface area contributed by atoms with E-state index in [2.05, 4.69) is 4.74 Å². The van der Waals surface area contributed by atoms with Gasteiger partial charge in [-0.1, -0.05) is 12.1 Å². The van der Waals surface area contributed by atoms with Gasteiger partial charge in [0.2, 0.25) is 0 Å². The fourth-order valence-corrected chi connectivity index (χ4v) is 1.28. The van der Waals surface area contributed by atoms with Crippen LogP contribution in [0.2, 0.25) is 0 Å². The highest BCUT2D eigenvalue weighted by Crippen LogP contribution is 2.24. The van der Waals surface area contributed by atoms with Crippen LogP contribution in [0.15, 0.2) is 24.3 Å². The normalized spacial score (nSPS) is 13.5. The zero-order chi connectivity index (χ0) is 12.9. The molecule has 0 saturated heterocycles. The van der Waals surface area contributed by atoms with Crippen molar-refractivity contribution in [3.63, 3.8) is 0 Å². The van der Waals surface area contributed by atoms with Crippen LogP contribution >= 0.6 is 0 Å². The average Bonchev–Trinajstić information content (AvgIpc) is 2.25. The van der Waals surface area contributed by atoms with E-state index in [0.717, 1.165) is 0 Å². The standard InChI is InChI=1S/C10H12F3NO3/c1-16-6-9(14-15)7-2-4-8(5-3-7)17-10(11,12)13/h2-5,9,14-15H,6H2,1H3. The number of hydroxylamine groups is 1. The molecule has 0 amide bonds. The summed E-state index contributed by atoms with van der Waals surface area (Å²) in [6.07, 6.45) is -4.71. The molecule has 0 saturated carbocycles. The number of hydrogen-bond acceptors (Lipinski definition) is 4. The van der Waals surface area contributed by atoms with Crippen LogP contribution in [0.5, 0.6) is 5.75 Å². The minimum absolute atomic E-state index is 0.190. The molecule has 0 spiro atoms. The lowest BCUT2D eigenvalue weighted by Crippen LogP contribution is -2.22. The Hall–Kier alpha value is -1.31. The predicted molar refractivity (Wildman–Crippen MR) is 52.7 cm³/mol. The van der Waals surface area contributed by atoms with Crippen LogP contribution in [-0.4, -0.2) is 25.3 Å². The van der Waals surface area contributed by atoms with E-state index < -0.39 is 12.4 Å². The maximum Gasteiger partial charge on any atom is 0.573 e. The molecule has 0 aliphatic carbocycles. The molecule has 1 atom stereocenters.